The molecule has 1 aromatic carbocycles. The summed E-state index contributed by atoms with van der Waals surface area (Å²) in [4.78, 5) is 14.3. The van der Waals surface area contributed by atoms with E-state index in [-0.39, 0.29) is 15.7 Å². The van der Waals surface area contributed by atoms with Crippen LogP contribution in [0.1, 0.15) is 0 Å². The highest BCUT2D eigenvalue weighted by Crippen LogP contribution is 2.32. The molecule has 0 saturated heterocycles. The lowest BCUT2D eigenvalue weighted by Gasteiger charge is -2.03. The third-order valence-corrected chi connectivity index (χ3v) is 2.78. The summed E-state index contributed by atoms with van der Waals surface area (Å²) in [5.74, 6) is -0.559. The van der Waals surface area contributed by atoms with Gasteiger partial charge in [-0.05, 0) is 34.1 Å². The second kappa shape index (κ2) is 4.58. The molecule has 0 aliphatic carbocycles. The molecule has 6 heteroatoms. The fraction of sp³-hybridized carbons (Fsp3) is 0. The molecule has 2 rings (SSSR count). The Morgan fingerprint density at radius 1 is 1.35 bits per heavy atom. The molecule has 0 bridgehead atoms. The smallest absolute Gasteiger partial charge is 0.258 e. The van der Waals surface area contributed by atoms with Crippen LogP contribution in [0, 0.1) is 15.9 Å². The zero-order chi connectivity index (χ0) is 12.4. The molecule has 0 N–H and O–H groups in total. The van der Waals surface area contributed by atoms with Gasteiger partial charge in [0, 0.05) is 12.3 Å². The largest absolute Gasteiger partial charge is 0.280 e. The van der Waals surface area contributed by atoms with Crippen molar-refractivity contribution in [2.45, 2.75) is 0 Å². The molecular formula is C11H6BrFN2O2. The number of nitrogens with zero attached hydrogens (tertiary/aromatic N) is 2. The van der Waals surface area contributed by atoms with Gasteiger partial charge in [0.05, 0.1) is 20.7 Å². The molecule has 1 heterocycles. The summed E-state index contributed by atoms with van der Waals surface area (Å²) < 4.78 is 13.5. The Balaban J connectivity index is 2.68. The first-order valence-electron chi connectivity index (χ1n) is 4.64. The molecule has 0 radical (unpaired) electrons. The van der Waals surface area contributed by atoms with Gasteiger partial charge in [0.25, 0.3) is 5.69 Å². The summed E-state index contributed by atoms with van der Waals surface area (Å²) in [6.45, 7) is 0. The summed E-state index contributed by atoms with van der Waals surface area (Å²) in [6.07, 6.45) is 1.50. The van der Waals surface area contributed by atoms with Gasteiger partial charge in [0.1, 0.15) is 5.82 Å². The topological polar surface area (TPSA) is 56.0 Å². The third kappa shape index (κ3) is 2.31. The fourth-order valence-electron chi connectivity index (χ4n) is 1.41. The van der Waals surface area contributed by atoms with Crippen molar-refractivity contribution < 1.29 is 9.31 Å². The van der Waals surface area contributed by atoms with Crippen LogP contribution in [-0.2, 0) is 0 Å². The third-order valence-electron chi connectivity index (χ3n) is 2.18. The van der Waals surface area contributed by atoms with Gasteiger partial charge in [-0.25, -0.2) is 4.39 Å². The molecule has 4 nitrogen and oxygen atoms in total. The van der Waals surface area contributed by atoms with Gasteiger partial charge < -0.3 is 0 Å². The molecule has 0 atom stereocenters. The molecule has 0 saturated carbocycles. The van der Waals surface area contributed by atoms with Gasteiger partial charge in [-0.1, -0.05) is 6.07 Å². The van der Waals surface area contributed by atoms with Gasteiger partial charge >= 0.3 is 0 Å². The van der Waals surface area contributed by atoms with Crippen molar-refractivity contribution in [3.63, 3.8) is 0 Å². The standard InChI is InChI=1S/C11H6BrFN2O2/c12-8-6-11(15(16)17)7(5-9(8)13)10-3-1-2-4-14-10/h1-6H. The Morgan fingerprint density at radius 2 is 2.12 bits per heavy atom. The van der Waals surface area contributed by atoms with E-state index in [9.17, 15) is 14.5 Å². The molecule has 0 amide bonds. The molecule has 0 aliphatic heterocycles. The van der Waals surface area contributed by atoms with Crippen LogP contribution in [0.25, 0.3) is 11.3 Å². The van der Waals surface area contributed by atoms with Crippen LogP contribution in [0.3, 0.4) is 0 Å². The van der Waals surface area contributed by atoms with E-state index < -0.39 is 10.7 Å². The summed E-state index contributed by atoms with van der Waals surface area (Å²) >= 11 is 2.92. The van der Waals surface area contributed by atoms with Crippen LogP contribution in [0.2, 0.25) is 0 Å². The predicted octanol–water partition coefficient (Wildman–Crippen LogP) is 3.56. The number of rotatable bonds is 2. The van der Waals surface area contributed by atoms with Crippen molar-refractivity contribution in [3.05, 3.63) is 56.9 Å². The van der Waals surface area contributed by atoms with E-state index in [1.807, 2.05) is 0 Å². The normalized spacial score (nSPS) is 10.2. The first-order valence-corrected chi connectivity index (χ1v) is 5.43. The van der Waals surface area contributed by atoms with E-state index >= 15 is 0 Å². The van der Waals surface area contributed by atoms with Gasteiger partial charge in [0.2, 0.25) is 0 Å². The highest BCUT2D eigenvalue weighted by atomic mass is 79.9. The lowest BCUT2D eigenvalue weighted by atomic mass is 10.1. The van der Waals surface area contributed by atoms with Crippen LogP contribution in [0.4, 0.5) is 10.1 Å². The second-order valence-corrected chi connectivity index (χ2v) is 4.11. The molecule has 0 spiro atoms. The Kier molecular flexibility index (Phi) is 3.14. The Bertz CT molecular complexity index is 575. The molecule has 17 heavy (non-hydrogen) atoms. The molecule has 0 fully saturated rings. The van der Waals surface area contributed by atoms with Gasteiger partial charge in [-0.3, -0.25) is 15.1 Å². The first kappa shape index (κ1) is 11.7. The minimum Gasteiger partial charge on any atom is -0.258 e. The molecule has 86 valence electrons. The zero-order valence-corrected chi connectivity index (χ0v) is 10.0. The van der Waals surface area contributed by atoms with Gasteiger partial charge in [0.15, 0.2) is 0 Å². The Hall–Kier alpha value is -1.82. The van der Waals surface area contributed by atoms with Crippen molar-refractivity contribution >= 4 is 21.6 Å². The van der Waals surface area contributed by atoms with Crippen LogP contribution >= 0.6 is 15.9 Å². The molecule has 2 aromatic rings. The minimum atomic E-state index is -0.561. The van der Waals surface area contributed by atoms with Crippen LogP contribution in [-0.4, -0.2) is 9.91 Å². The Labute approximate surface area is 104 Å². The lowest BCUT2D eigenvalue weighted by Crippen LogP contribution is -1.95. The van der Waals surface area contributed by atoms with E-state index in [1.54, 1.807) is 18.2 Å². The number of hydrogen-bond acceptors (Lipinski definition) is 3. The summed E-state index contributed by atoms with van der Waals surface area (Å²) in [5, 5.41) is 10.9. The number of nitro groups is 1. The van der Waals surface area contributed by atoms with Crippen molar-refractivity contribution in [1.82, 2.24) is 4.98 Å². The number of benzene rings is 1. The second-order valence-electron chi connectivity index (χ2n) is 3.26. The van der Waals surface area contributed by atoms with E-state index in [0.717, 1.165) is 12.1 Å². The maximum absolute atomic E-state index is 13.4. The Morgan fingerprint density at radius 3 is 2.71 bits per heavy atom. The van der Waals surface area contributed by atoms with Gasteiger partial charge in [-0.2, -0.15) is 0 Å². The molecular weight excluding hydrogens is 291 g/mol. The molecule has 1 aromatic heterocycles. The van der Waals surface area contributed by atoms with E-state index in [4.69, 9.17) is 0 Å². The van der Waals surface area contributed by atoms with E-state index in [0.29, 0.717) is 5.69 Å². The number of pyridine rings is 1. The van der Waals surface area contributed by atoms with Crippen LogP contribution < -0.4 is 0 Å². The lowest BCUT2D eigenvalue weighted by molar-refractivity contribution is -0.384. The summed E-state index contributed by atoms with van der Waals surface area (Å²) in [6, 6.07) is 7.20. The van der Waals surface area contributed by atoms with Gasteiger partial charge in [-0.15, -0.1) is 0 Å². The average molecular weight is 297 g/mol. The van der Waals surface area contributed by atoms with Crippen molar-refractivity contribution in [3.8, 4) is 11.3 Å². The minimum absolute atomic E-state index is 0.0591. The summed E-state index contributed by atoms with van der Waals surface area (Å²) in [7, 11) is 0. The van der Waals surface area contributed by atoms with Crippen LogP contribution in [0.5, 0.6) is 0 Å². The number of halogens is 2. The average Bonchev–Trinajstić information content (AvgIpc) is 2.33. The molecule has 0 unspecified atom stereocenters. The van der Waals surface area contributed by atoms with E-state index in [2.05, 4.69) is 20.9 Å². The number of nitro benzene ring substituents is 1. The fourth-order valence-corrected chi connectivity index (χ4v) is 1.75. The van der Waals surface area contributed by atoms with Crippen molar-refractivity contribution in [1.29, 1.82) is 0 Å². The SMILES string of the molecule is O=[N+]([O-])c1cc(Br)c(F)cc1-c1ccccn1. The summed E-state index contributed by atoms with van der Waals surface area (Å²) in [5.41, 5.74) is 0.346. The highest BCUT2D eigenvalue weighted by molar-refractivity contribution is 9.10. The molecule has 0 aliphatic rings. The van der Waals surface area contributed by atoms with Crippen LogP contribution in [0.15, 0.2) is 41.0 Å². The monoisotopic (exact) mass is 296 g/mol. The number of aromatic nitrogens is 1. The predicted molar refractivity (Wildman–Crippen MR) is 64.0 cm³/mol. The number of hydrogen-bond donors (Lipinski definition) is 0. The highest BCUT2D eigenvalue weighted by Gasteiger charge is 2.19. The first-order chi connectivity index (χ1) is 8.09. The maximum atomic E-state index is 13.4. The van der Waals surface area contributed by atoms with Crippen molar-refractivity contribution in [2.24, 2.45) is 0 Å². The zero-order valence-electron chi connectivity index (χ0n) is 8.43. The quantitative estimate of drug-likeness (QED) is 0.629. The van der Waals surface area contributed by atoms with Crippen molar-refractivity contribution in [2.75, 3.05) is 0 Å². The maximum Gasteiger partial charge on any atom is 0.280 e. The van der Waals surface area contributed by atoms with E-state index in [1.165, 1.54) is 6.20 Å².